The summed E-state index contributed by atoms with van der Waals surface area (Å²) in [5, 5.41) is 0.965. The number of carbonyl (C=O) groups is 4. The molecule has 3 fully saturated rings. The quantitative estimate of drug-likeness (QED) is 0.237. The van der Waals surface area contributed by atoms with E-state index in [9.17, 15) is 19.2 Å². The van der Waals surface area contributed by atoms with Gasteiger partial charge in [-0.05, 0) is 72.7 Å². The molecule has 0 radical (unpaired) electrons. The molecule has 4 aliphatic carbocycles. The average Bonchev–Trinajstić information content (AvgIpc) is 3.45. The number of anilines is 2. The van der Waals surface area contributed by atoms with Crippen molar-refractivity contribution in [3.63, 3.8) is 0 Å². The maximum absolute atomic E-state index is 14.4. The van der Waals surface area contributed by atoms with Crippen molar-refractivity contribution >= 4 is 63.8 Å². The number of carbonyl (C=O) groups excluding carboxylic acids is 4. The topological polar surface area (TPSA) is 74.8 Å². The van der Waals surface area contributed by atoms with Crippen molar-refractivity contribution < 1.29 is 19.2 Å². The first-order chi connectivity index (χ1) is 21.2. The lowest BCUT2D eigenvalue weighted by Gasteiger charge is -2.51. The molecular formula is C36H28Cl2N2O4. The van der Waals surface area contributed by atoms with E-state index in [-0.39, 0.29) is 29.5 Å². The van der Waals surface area contributed by atoms with E-state index in [2.05, 4.69) is 6.08 Å². The number of benzene rings is 3. The van der Waals surface area contributed by atoms with Crippen LogP contribution in [-0.2, 0) is 19.2 Å². The molecule has 2 bridgehead atoms. The van der Waals surface area contributed by atoms with Gasteiger partial charge in [0.25, 0.3) is 0 Å². The van der Waals surface area contributed by atoms with E-state index in [4.69, 9.17) is 23.2 Å². The number of imide groups is 2. The molecule has 3 aromatic rings. The van der Waals surface area contributed by atoms with Crippen LogP contribution in [0.5, 0.6) is 0 Å². The van der Waals surface area contributed by atoms with Crippen LogP contribution >= 0.6 is 23.2 Å². The van der Waals surface area contributed by atoms with Crippen molar-refractivity contribution in [2.45, 2.75) is 20.3 Å². The summed E-state index contributed by atoms with van der Waals surface area (Å²) in [6, 6.07) is 20.4. The molecule has 2 saturated heterocycles. The van der Waals surface area contributed by atoms with E-state index in [1.165, 1.54) is 9.80 Å². The van der Waals surface area contributed by atoms with Gasteiger partial charge in [-0.2, -0.15) is 0 Å². The Morgan fingerprint density at radius 2 is 1.18 bits per heavy atom. The largest absolute Gasteiger partial charge is 0.274 e. The summed E-state index contributed by atoms with van der Waals surface area (Å²) in [6.07, 6.45) is 4.46. The summed E-state index contributed by atoms with van der Waals surface area (Å²) in [5.41, 5.74) is 5.31. The molecule has 6 nitrogen and oxygen atoms in total. The van der Waals surface area contributed by atoms with Gasteiger partial charge in [-0.15, -0.1) is 0 Å². The molecule has 2 heterocycles. The highest BCUT2D eigenvalue weighted by molar-refractivity contribution is 6.33. The minimum atomic E-state index is -0.647. The number of fused-ring (bicyclic) bond motifs is 1. The van der Waals surface area contributed by atoms with Gasteiger partial charge < -0.3 is 0 Å². The lowest BCUT2D eigenvalue weighted by atomic mass is 9.49. The van der Waals surface area contributed by atoms with Crippen molar-refractivity contribution in [1.82, 2.24) is 0 Å². The lowest BCUT2D eigenvalue weighted by Crippen LogP contribution is -2.51. The summed E-state index contributed by atoms with van der Waals surface area (Å²) < 4.78 is 0. The molecule has 3 aromatic carbocycles. The Bertz CT molecular complexity index is 1880. The first-order valence-corrected chi connectivity index (χ1v) is 15.7. The molecule has 0 N–H and O–H groups in total. The van der Waals surface area contributed by atoms with Gasteiger partial charge in [-0.3, -0.25) is 19.2 Å². The van der Waals surface area contributed by atoms with Crippen molar-refractivity contribution in [2.24, 2.45) is 41.4 Å². The molecular weight excluding hydrogens is 595 g/mol. The van der Waals surface area contributed by atoms with Gasteiger partial charge in [0.05, 0.1) is 35.0 Å². The van der Waals surface area contributed by atoms with Gasteiger partial charge in [-0.1, -0.05) is 83.4 Å². The number of amides is 4. The van der Waals surface area contributed by atoms with Crippen LogP contribution < -0.4 is 9.80 Å². The van der Waals surface area contributed by atoms with E-state index in [0.29, 0.717) is 39.0 Å². The standard InChI is InChI=1S/C36H28Cl2N2O4/c1-17-24(37)10-6-12-26(17)39-33(41)23-16-22(19-8-4-3-5-9-19)28-20-14-15-21(29(28)32(23)36(39)44)31-30(20)34(42)40(35(31)43)27-13-7-11-25(38)18(27)2/h3-15,20-21,23,29-32H,16H2,1-2H3/t20-,21+,23+,29+,30-,31-,32-/m1/s1. The molecule has 0 aromatic heterocycles. The number of allylic oxidation sites excluding steroid dienone is 4. The SMILES string of the molecule is Cc1c(Cl)cccc1N1C(=O)[C@@H]2[C@H]3C=C[C@H](C4=C(c5ccccc5)C[C@@H]5C(=O)N(c6cccc(Cl)c6C)C(=O)[C@H]5[C@H]43)[C@H]2C1=O. The van der Waals surface area contributed by atoms with Crippen molar-refractivity contribution in [3.05, 3.63) is 111 Å². The molecule has 0 spiro atoms. The Morgan fingerprint density at radius 1 is 0.614 bits per heavy atom. The number of halogens is 2. The van der Waals surface area contributed by atoms with Crippen LogP contribution in [0.1, 0.15) is 23.1 Å². The van der Waals surface area contributed by atoms with Crippen molar-refractivity contribution in [1.29, 1.82) is 0 Å². The summed E-state index contributed by atoms with van der Waals surface area (Å²) in [4.78, 5) is 59.8. The van der Waals surface area contributed by atoms with Crippen molar-refractivity contribution in [2.75, 3.05) is 9.80 Å². The zero-order chi connectivity index (χ0) is 30.6. The zero-order valence-corrected chi connectivity index (χ0v) is 25.5. The molecule has 1 saturated carbocycles. The Morgan fingerprint density at radius 3 is 1.82 bits per heavy atom. The molecule has 7 atom stereocenters. The second kappa shape index (κ2) is 9.75. The first-order valence-electron chi connectivity index (χ1n) is 14.9. The summed E-state index contributed by atoms with van der Waals surface area (Å²) in [5.74, 6) is -4.65. The molecule has 6 aliphatic rings. The number of hydrogen-bond acceptors (Lipinski definition) is 4. The molecule has 9 rings (SSSR count). The van der Waals surface area contributed by atoms with Crippen LogP contribution in [0.15, 0.2) is 84.5 Å². The maximum atomic E-state index is 14.4. The Balaban J connectivity index is 1.30. The van der Waals surface area contributed by atoms with Gasteiger partial charge in [0.15, 0.2) is 0 Å². The predicted molar refractivity (Wildman–Crippen MR) is 169 cm³/mol. The third-order valence-electron chi connectivity index (χ3n) is 10.6. The zero-order valence-electron chi connectivity index (χ0n) is 24.0. The normalized spacial score (nSPS) is 30.3. The fourth-order valence-corrected chi connectivity index (χ4v) is 9.01. The van der Waals surface area contributed by atoms with Crippen LogP contribution in [0, 0.1) is 55.3 Å². The Kier molecular flexibility index (Phi) is 6.10. The van der Waals surface area contributed by atoms with Crippen LogP contribution in [0.2, 0.25) is 10.0 Å². The molecule has 2 aliphatic heterocycles. The second-order valence-electron chi connectivity index (χ2n) is 12.5. The molecule has 4 amide bonds. The predicted octanol–water partition coefficient (Wildman–Crippen LogP) is 6.81. The fourth-order valence-electron chi connectivity index (χ4n) is 8.67. The highest BCUT2D eigenvalue weighted by atomic mass is 35.5. The Labute approximate surface area is 264 Å². The molecule has 44 heavy (non-hydrogen) atoms. The monoisotopic (exact) mass is 622 g/mol. The molecule has 220 valence electrons. The Hall–Kier alpha value is -4.00. The first kappa shape index (κ1) is 27.5. The summed E-state index contributed by atoms with van der Waals surface area (Å²) >= 11 is 12.9. The van der Waals surface area contributed by atoms with Crippen LogP contribution in [0.3, 0.4) is 0 Å². The number of rotatable bonds is 3. The second-order valence-corrected chi connectivity index (χ2v) is 13.3. The number of nitrogens with zero attached hydrogens (tertiary/aromatic N) is 2. The van der Waals surface area contributed by atoms with Gasteiger partial charge in [-0.25, -0.2) is 9.80 Å². The fraction of sp³-hybridized carbons (Fsp3) is 0.278. The smallest absolute Gasteiger partial charge is 0.238 e. The summed E-state index contributed by atoms with van der Waals surface area (Å²) in [6.45, 7) is 3.62. The highest BCUT2D eigenvalue weighted by Gasteiger charge is 2.67. The van der Waals surface area contributed by atoms with E-state index in [0.717, 1.165) is 16.7 Å². The molecule has 0 unspecified atom stereocenters. The lowest BCUT2D eigenvalue weighted by molar-refractivity contribution is -0.129. The third-order valence-corrected chi connectivity index (χ3v) is 11.4. The molecule has 8 heteroatoms. The van der Waals surface area contributed by atoms with E-state index >= 15 is 0 Å². The van der Waals surface area contributed by atoms with Crippen molar-refractivity contribution in [3.8, 4) is 0 Å². The van der Waals surface area contributed by atoms with Gasteiger partial charge in [0.1, 0.15) is 0 Å². The van der Waals surface area contributed by atoms with E-state index in [1.807, 2.05) is 50.3 Å². The highest BCUT2D eigenvalue weighted by Crippen LogP contribution is 2.63. The van der Waals surface area contributed by atoms with E-state index in [1.54, 1.807) is 36.4 Å². The number of hydrogen-bond donors (Lipinski definition) is 0. The van der Waals surface area contributed by atoms with Gasteiger partial charge in [0, 0.05) is 21.9 Å². The third kappa shape index (κ3) is 3.55. The average molecular weight is 624 g/mol. The minimum Gasteiger partial charge on any atom is -0.274 e. The van der Waals surface area contributed by atoms with Crippen LogP contribution in [-0.4, -0.2) is 23.6 Å². The maximum Gasteiger partial charge on any atom is 0.238 e. The van der Waals surface area contributed by atoms with Crippen LogP contribution in [0.25, 0.3) is 5.57 Å². The van der Waals surface area contributed by atoms with E-state index < -0.39 is 35.5 Å². The summed E-state index contributed by atoms with van der Waals surface area (Å²) in [7, 11) is 0. The van der Waals surface area contributed by atoms with Crippen LogP contribution in [0.4, 0.5) is 11.4 Å². The van der Waals surface area contributed by atoms with Gasteiger partial charge >= 0.3 is 0 Å². The minimum absolute atomic E-state index is 0.241. The van der Waals surface area contributed by atoms with Gasteiger partial charge in [0.2, 0.25) is 23.6 Å².